The number of nitrogens with one attached hydrogen (secondary N) is 1. The van der Waals surface area contributed by atoms with Crippen molar-refractivity contribution in [2.24, 2.45) is 5.92 Å². The van der Waals surface area contributed by atoms with Gasteiger partial charge in [0.25, 0.3) is 0 Å². The third-order valence-electron chi connectivity index (χ3n) is 2.78. The van der Waals surface area contributed by atoms with Gasteiger partial charge in [0.1, 0.15) is 5.75 Å². The monoisotopic (exact) mass is 252 g/mol. The van der Waals surface area contributed by atoms with E-state index in [-0.39, 0.29) is 11.8 Å². The van der Waals surface area contributed by atoms with Gasteiger partial charge in [-0.15, -0.1) is 0 Å². The lowest BCUT2D eigenvalue weighted by Crippen LogP contribution is -2.22. The molecular formula is C12H16N2O2S. The molecule has 0 aliphatic carbocycles. The summed E-state index contributed by atoms with van der Waals surface area (Å²) in [7, 11) is 1.58. The van der Waals surface area contributed by atoms with Gasteiger partial charge in [-0.1, -0.05) is 0 Å². The molecule has 1 aromatic rings. The lowest BCUT2D eigenvalue weighted by molar-refractivity contribution is -0.119. The Morgan fingerprint density at radius 3 is 3.06 bits per heavy atom. The fourth-order valence-electron chi connectivity index (χ4n) is 1.80. The van der Waals surface area contributed by atoms with Crippen LogP contribution in [0, 0.1) is 5.92 Å². The number of thioether (sulfide) groups is 1. The zero-order valence-electron chi connectivity index (χ0n) is 9.73. The van der Waals surface area contributed by atoms with Gasteiger partial charge in [0.2, 0.25) is 5.91 Å². The first-order chi connectivity index (χ1) is 8.20. The first kappa shape index (κ1) is 12.1. The maximum atomic E-state index is 12.0. The van der Waals surface area contributed by atoms with Crippen LogP contribution in [0.25, 0.3) is 0 Å². The third-order valence-corrected chi connectivity index (χ3v) is 3.94. The average Bonchev–Trinajstić information content (AvgIpc) is 2.83. The van der Waals surface area contributed by atoms with Gasteiger partial charge >= 0.3 is 0 Å². The van der Waals surface area contributed by atoms with Gasteiger partial charge in [0, 0.05) is 17.4 Å². The van der Waals surface area contributed by atoms with Gasteiger partial charge in [-0.3, -0.25) is 4.79 Å². The van der Waals surface area contributed by atoms with Crippen LogP contribution in [0.5, 0.6) is 5.75 Å². The number of carbonyl (C=O) groups excluding carboxylic acids is 1. The lowest BCUT2D eigenvalue weighted by Gasteiger charge is -2.13. The summed E-state index contributed by atoms with van der Waals surface area (Å²) in [4.78, 5) is 12.0. The van der Waals surface area contributed by atoms with Gasteiger partial charge in [0.05, 0.1) is 12.8 Å². The number of anilines is 2. The smallest absolute Gasteiger partial charge is 0.228 e. The second-order valence-electron chi connectivity index (χ2n) is 4.01. The van der Waals surface area contributed by atoms with Crippen LogP contribution in [0.1, 0.15) is 6.42 Å². The van der Waals surface area contributed by atoms with E-state index in [0.29, 0.717) is 17.1 Å². The van der Waals surface area contributed by atoms with Crippen molar-refractivity contribution in [3.8, 4) is 5.75 Å². The number of hydrogen-bond acceptors (Lipinski definition) is 4. The number of nitrogen functional groups attached to an aromatic ring is 1. The Morgan fingerprint density at radius 1 is 1.59 bits per heavy atom. The summed E-state index contributed by atoms with van der Waals surface area (Å²) < 4.78 is 5.19. The molecule has 1 heterocycles. The van der Waals surface area contributed by atoms with Gasteiger partial charge in [-0.2, -0.15) is 11.8 Å². The highest BCUT2D eigenvalue weighted by atomic mass is 32.2. The number of carbonyl (C=O) groups is 1. The Kier molecular flexibility index (Phi) is 3.78. The highest BCUT2D eigenvalue weighted by molar-refractivity contribution is 7.99. The zero-order valence-corrected chi connectivity index (χ0v) is 10.5. The van der Waals surface area contributed by atoms with E-state index in [4.69, 9.17) is 10.5 Å². The van der Waals surface area contributed by atoms with E-state index < -0.39 is 0 Å². The quantitative estimate of drug-likeness (QED) is 0.807. The topological polar surface area (TPSA) is 64.3 Å². The van der Waals surface area contributed by atoms with E-state index in [2.05, 4.69) is 5.32 Å². The van der Waals surface area contributed by atoms with Crippen molar-refractivity contribution < 1.29 is 9.53 Å². The lowest BCUT2D eigenvalue weighted by atomic mass is 10.1. The average molecular weight is 252 g/mol. The van der Waals surface area contributed by atoms with Crippen LogP contribution in [-0.4, -0.2) is 24.5 Å². The van der Waals surface area contributed by atoms with Gasteiger partial charge < -0.3 is 15.8 Å². The number of ether oxygens (including phenoxy) is 1. The van der Waals surface area contributed by atoms with E-state index in [0.717, 1.165) is 17.9 Å². The Balaban J connectivity index is 2.11. The second-order valence-corrected chi connectivity index (χ2v) is 5.16. The minimum Gasteiger partial charge on any atom is -0.495 e. The Morgan fingerprint density at radius 2 is 2.41 bits per heavy atom. The number of rotatable bonds is 3. The molecule has 1 aliphatic rings. The van der Waals surface area contributed by atoms with Crippen LogP contribution < -0.4 is 15.8 Å². The maximum Gasteiger partial charge on any atom is 0.228 e. The molecule has 1 fully saturated rings. The molecule has 1 aromatic carbocycles. The normalized spacial score (nSPS) is 19.0. The molecule has 0 bridgehead atoms. The highest BCUT2D eigenvalue weighted by Crippen LogP contribution is 2.29. The molecule has 1 saturated heterocycles. The zero-order chi connectivity index (χ0) is 12.3. The van der Waals surface area contributed by atoms with Crippen molar-refractivity contribution in [1.29, 1.82) is 0 Å². The molecule has 0 spiro atoms. The highest BCUT2D eigenvalue weighted by Gasteiger charge is 2.23. The molecule has 0 radical (unpaired) electrons. The molecule has 1 atom stereocenters. The standard InChI is InChI=1S/C12H16N2O2S/c1-16-11-3-2-9(13)6-10(11)14-12(15)8-4-5-17-7-8/h2-3,6,8H,4-5,7,13H2,1H3,(H,14,15). The van der Waals surface area contributed by atoms with E-state index >= 15 is 0 Å². The van der Waals surface area contributed by atoms with Crippen LogP contribution in [0.15, 0.2) is 18.2 Å². The number of benzene rings is 1. The van der Waals surface area contributed by atoms with Crippen LogP contribution >= 0.6 is 11.8 Å². The molecule has 3 N–H and O–H groups in total. The Bertz CT molecular complexity index is 417. The minimum atomic E-state index is 0.0545. The van der Waals surface area contributed by atoms with Crippen molar-refractivity contribution in [3.05, 3.63) is 18.2 Å². The van der Waals surface area contributed by atoms with Crippen LogP contribution in [0.3, 0.4) is 0 Å². The predicted octanol–water partition coefficient (Wildman–Crippen LogP) is 1.97. The molecule has 1 aliphatic heterocycles. The SMILES string of the molecule is COc1ccc(N)cc1NC(=O)C1CCSC1. The van der Waals surface area contributed by atoms with Gasteiger partial charge in [-0.05, 0) is 30.4 Å². The molecular weight excluding hydrogens is 236 g/mol. The van der Waals surface area contributed by atoms with Crippen molar-refractivity contribution in [2.45, 2.75) is 6.42 Å². The molecule has 92 valence electrons. The molecule has 4 nitrogen and oxygen atoms in total. The molecule has 5 heteroatoms. The largest absolute Gasteiger partial charge is 0.495 e. The molecule has 0 aromatic heterocycles. The Labute approximate surface area is 105 Å². The summed E-state index contributed by atoms with van der Waals surface area (Å²) >= 11 is 1.82. The summed E-state index contributed by atoms with van der Waals surface area (Å²) in [6, 6.07) is 5.23. The van der Waals surface area contributed by atoms with Crippen molar-refractivity contribution in [1.82, 2.24) is 0 Å². The van der Waals surface area contributed by atoms with Crippen LogP contribution in [0.2, 0.25) is 0 Å². The molecule has 2 rings (SSSR count). The van der Waals surface area contributed by atoms with E-state index in [1.807, 2.05) is 11.8 Å². The van der Waals surface area contributed by atoms with Crippen LogP contribution in [0.4, 0.5) is 11.4 Å². The fourth-order valence-corrected chi connectivity index (χ4v) is 3.02. The third kappa shape index (κ3) is 2.85. The van der Waals surface area contributed by atoms with E-state index in [9.17, 15) is 4.79 Å². The maximum absolute atomic E-state index is 12.0. The number of amides is 1. The van der Waals surface area contributed by atoms with Gasteiger partial charge in [-0.25, -0.2) is 0 Å². The molecule has 1 unspecified atom stereocenters. The minimum absolute atomic E-state index is 0.0545. The number of nitrogens with two attached hydrogens (primary N) is 1. The molecule has 0 saturated carbocycles. The van der Waals surface area contributed by atoms with Crippen molar-refractivity contribution >= 4 is 29.0 Å². The van der Waals surface area contributed by atoms with Crippen molar-refractivity contribution in [3.63, 3.8) is 0 Å². The predicted molar refractivity (Wildman–Crippen MR) is 71.5 cm³/mol. The van der Waals surface area contributed by atoms with Gasteiger partial charge in [0.15, 0.2) is 0 Å². The molecule has 1 amide bonds. The number of hydrogen-bond donors (Lipinski definition) is 2. The summed E-state index contributed by atoms with van der Waals surface area (Å²) in [5, 5.41) is 2.89. The molecule has 17 heavy (non-hydrogen) atoms. The summed E-state index contributed by atoms with van der Waals surface area (Å²) in [6.07, 6.45) is 0.946. The first-order valence-electron chi connectivity index (χ1n) is 5.53. The first-order valence-corrected chi connectivity index (χ1v) is 6.68. The summed E-state index contributed by atoms with van der Waals surface area (Å²) in [5.41, 5.74) is 6.96. The van der Waals surface area contributed by atoms with E-state index in [1.54, 1.807) is 25.3 Å². The van der Waals surface area contributed by atoms with Crippen molar-refractivity contribution in [2.75, 3.05) is 29.7 Å². The summed E-state index contributed by atoms with van der Waals surface area (Å²) in [6.45, 7) is 0. The number of methoxy groups -OCH3 is 1. The van der Waals surface area contributed by atoms with Crippen LogP contribution in [-0.2, 0) is 4.79 Å². The van der Waals surface area contributed by atoms with E-state index in [1.165, 1.54) is 0 Å². The second kappa shape index (κ2) is 5.31. The fraction of sp³-hybridized carbons (Fsp3) is 0.417. The Hall–Kier alpha value is -1.36. The summed E-state index contributed by atoms with van der Waals surface area (Å²) in [5.74, 6) is 2.76.